The van der Waals surface area contributed by atoms with Gasteiger partial charge in [-0.25, -0.2) is 4.68 Å². The Morgan fingerprint density at radius 1 is 1.32 bits per heavy atom. The van der Waals surface area contributed by atoms with Crippen molar-refractivity contribution in [1.29, 1.82) is 0 Å². The van der Waals surface area contributed by atoms with Crippen LogP contribution in [0.5, 0.6) is 0 Å². The van der Waals surface area contributed by atoms with Crippen LogP contribution >= 0.6 is 0 Å². The molecule has 2 heterocycles. The summed E-state index contributed by atoms with van der Waals surface area (Å²) in [4.78, 5) is 11.6. The standard InChI is InChI=1S/C19H21N5O/c1-11-4-6-12(7-5-11)24-18-13-10-21-22-15(13)9-19(2,3)17(18)14(23-24)8-16(20)25/h4-7,10H,8-9H2,1-3H3,(H2,20,25)(H,21,22). The van der Waals surface area contributed by atoms with Gasteiger partial charge in [-0.3, -0.25) is 9.89 Å². The first-order chi connectivity index (χ1) is 11.9. The maximum absolute atomic E-state index is 11.6. The SMILES string of the molecule is Cc1ccc(-n2nc(CC(N)=O)c3c2-c2cn[nH]c2CC3(C)C)cc1. The van der Waals surface area contributed by atoms with Crippen LogP contribution in [0.15, 0.2) is 30.5 Å². The third-order valence-electron chi connectivity index (χ3n) is 4.85. The van der Waals surface area contributed by atoms with Crippen molar-refractivity contribution in [2.45, 2.75) is 39.0 Å². The molecule has 3 N–H and O–H groups in total. The minimum Gasteiger partial charge on any atom is -0.369 e. The average molecular weight is 335 g/mol. The fraction of sp³-hybridized carbons (Fsp3) is 0.316. The van der Waals surface area contributed by atoms with Gasteiger partial charge in [-0.05, 0) is 30.9 Å². The molecule has 4 rings (SSSR count). The van der Waals surface area contributed by atoms with Crippen molar-refractivity contribution >= 4 is 5.91 Å². The summed E-state index contributed by atoms with van der Waals surface area (Å²) in [6.07, 6.45) is 2.79. The molecule has 1 aliphatic carbocycles. The van der Waals surface area contributed by atoms with Crippen molar-refractivity contribution in [3.8, 4) is 16.9 Å². The number of primary amides is 1. The van der Waals surface area contributed by atoms with Crippen molar-refractivity contribution in [1.82, 2.24) is 20.0 Å². The largest absolute Gasteiger partial charge is 0.369 e. The lowest BCUT2D eigenvalue weighted by atomic mass is 9.73. The molecular formula is C19H21N5O. The van der Waals surface area contributed by atoms with Gasteiger partial charge in [0, 0.05) is 16.8 Å². The molecular weight excluding hydrogens is 314 g/mol. The maximum Gasteiger partial charge on any atom is 0.223 e. The highest BCUT2D eigenvalue weighted by atomic mass is 16.1. The summed E-state index contributed by atoms with van der Waals surface area (Å²) in [6.45, 7) is 6.39. The number of nitrogens with two attached hydrogens (primary N) is 1. The predicted molar refractivity (Wildman–Crippen MR) is 95.5 cm³/mol. The topological polar surface area (TPSA) is 89.6 Å². The molecule has 1 aromatic carbocycles. The van der Waals surface area contributed by atoms with Crippen molar-refractivity contribution in [2.75, 3.05) is 0 Å². The highest BCUT2D eigenvalue weighted by Gasteiger charge is 2.38. The molecule has 0 aliphatic heterocycles. The molecule has 25 heavy (non-hydrogen) atoms. The van der Waals surface area contributed by atoms with E-state index < -0.39 is 0 Å². The summed E-state index contributed by atoms with van der Waals surface area (Å²) in [5.41, 5.74) is 12.4. The van der Waals surface area contributed by atoms with E-state index in [1.807, 2.05) is 23.0 Å². The Labute approximate surface area is 146 Å². The van der Waals surface area contributed by atoms with Crippen LogP contribution in [-0.4, -0.2) is 25.9 Å². The second-order valence-corrected chi connectivity index (χ2v) is 7.38. The summed E-state index contributed by atoms with van der Waals surface area (Å²) in [6, 6.07) is 8.19. The molecule has 0 spiro atoms. The first kappa shape index (κ1) is 15.6. The van der Waals surface area contributed by atoms with Crippen LogP contribution in [-0.2, 0) is 23.1 Å². The predicted octanol–water partition coefficient (Wildman–Crippen LogP) is 2.43. The zero-order chi connectivity index (χ0) is 17.8. The van der Waals surface area contributed by atoms with Crippen LogP contribution < -0.4 is 5.73 Å². The van der Waals surface area contributed by atoms with E-state index in [2.05, 4.69) is 43.1 Å². The number of hydrogen-bond donors (Lipinski definition) is 2. The number of nitrogens with one attached hydrogen (secondary N) is 1. The van der Waals surface area contributed by atoms with Crippen LogP contribution in [0.25, 0.3) is 16.9 Å². The smallest absolute Gasteiger partial charge is 0.223 e. The molecule has 0 radical (unpaired) electrons. The number of fused-ring (bicyclic) bond motifs is 3. The molecule has 1 amide bonds. The number of aromatic amines is 1. The first-order valence-electron chi connectivity index (χ1n) is 8.37. The summed E-state index contributed by atoms with van der Waals surface area (Å²) < 4.78 is 1.92. The molecule has 1 aliphatic rings. The number of H-pyrrole nitrogens is 1. The molecule has 0 bridgehead atoms. The number of benzene rings is 1. The Bertz CT molecular complexity index is 962. The molecule has 0 saturated carbocycles. The van der Waals surface area contributed by atoms with Crippen LogP contribution in [0.4, 0.5) is 0 Å². The van der Waals surface area contributed by atoms with Gasteiger partial charge in [0.25, 0.3) is 0 Å². The number of amides is 1. The maximum atomic E-state index is 11.6. The van der Waals surface area contributed by atoms with E-state index in [0.717, 1.165) is 40.3 Å². The molecule has 6 heteroatoms. The van der Waals surface area contributed by atoms with E-state index in [1.54, 1.807) is 0 Å². The number of carbonyl (C=O) groups excluding carboxylic acids is 1. The molecule has 0 fully saturated rings. The van der Waals surface area contributed by atoms with Crippen LogP contribution in [0.1, 0.15) is 36.4 Å². The second-order valence-electron chi connectivity index (χ2n) is 7.38. The Kier molecular flexibility index (Phi) is 3.32. The summed E-state index contributed by atoms with van der Waals surface area (Å²) in [5.74, 6) is -0.370. The molecule has 0 saturated heterocycles. The number of rotatable bonds is 3. The van der Waals surface area contributed by atoms with Gasteiger partial charge in [0.15, 0.2) is 0 Å². The van der Waals surface area contributed by atoms with Gasteiger partial charge in [0.1, 0.15) is 0 Å². The monoisotopic (exact) mass is 335 g/mol. The number of nitrogens with zero attached hydrogens (tertiary/aromatic N) is 3. The quantitative estimate of drug-likeness (QED) is 0.770. The lowest BCUT2D eigenvalue weighted by molar-refractivity contribution is -0.117. The fourth-order valence-corrected chi connectivity index (χ4v) is 3.77. The summed E-state index contributed by atoms with van der Waals surface area (Å²) in [5, 5.41) is 12.1. The minimum atomic E-state index is -0.370. The van der Waals surface area contributed by atoms with Gasteiger partial charge in [-0.1, -0.05) is 31.5 Å². The van der Waals surface area contributed by atoms with E-state index in [4.69, 9.17) is 10.8 Å². The number of aryl methyl sites for hydroxylation is 1. The van der Waals surface area contributed by atoms with Gasteiger partial charge in [0.05, 0.1) is 29.7 Å². The van der Waals surface area contributed by atoms with E-state index >= 15 is 0 Å². The van der Waals surface area contributed by atoms with Crippen molar-refractivity contribution < 1.29 is 4.79 Å². The molecule has 6 nitrogen and oxygen atoms in total. The highest BCUT2D eigenvalue weighted by Crippen LogP contribution is 2.45. The zero-order valence-electron chi connectivity index (χ0n) is 14.6. The number of aromatic nitrogens is 4. The van der Waals surface area contributed by atoms with Crippen molar-refractivity contribution in [3.63, 3.8) is 0 Å². The Hall–Kier alpha value is -2.89. The van der Waals surface area contributed by atoms with Crippen LogP contribution in [0, 0.1) is 6.92 Å². The molecule has 2 aromatic heterocycles. The molecule has 0 unspecified atom stereocenters. The third kappa shape index (κ3) is 2.45. The lowest BCUT2D eigenvalue weighted by Crippen LogP contribution is -2.27. The van der Waals surface area contributed by atoms with Crippen LogP contribution in [0.3, 0.4) is 0 Å². The van der Waals surface area contributed by atoms with Crippen molar-refractivity contribution in [2.24, 2.45) is 5.73 Å². The normalized spacial score (nSPS) is 14.8. The number of carbonyl (C=O) groups is 1. The summed E-state index contributed by atoms with van der Waals surface area (Å²) in [7, 11) is 0. The van der Waals surface area contributed by atoms with E-state index in [0.29, 0.717) is 0 Å². The van der Waals surface area contributed by atoms with E-state index in [-0.39, 0.29) is 17.7 Å². The van der Waals surface area contributed by atoms with E-state index in [1.165, 1.54) is 5.56 Å². The molecule has 3 aromatic rings. The Morgan fingerprint density at radius 3 is 2.72 bits per heavy atom. The van der Waals surface area contributed by atoms with Crippen LogP contribution in [0.2, 0.25) is 0 Å². The zero-order valence-corrected chi connectivity index (χ0v) is 14.6. The first-order valence-corrected chi connectivity index (χ1v) is 8.37. The Balaban J connectivity index is 2.02. The van der Waals surface area contributed by atoms with E-state index in [9.17, 15) is 4.79 Å². The van der Waals surface area contributed by atoms with Gasteiger partial charge >= 0.3 is 0 Å². The average Bonchev–Trinajstić information content (AvgIpc) is 3.11. The third-order valence-corrected chi connectivity index (χ3v) is 4.85. The molecule has 128 valence electrons. The Morgan fingerprint density at radius 2 is 2.04 bits per heavy atom. The number of hydrogen-bond acceptors (Lipinski definition) is 3. The molecule has 0 atom stereocenters. The van der Waals surface area contributed by atoms with Crippen molar-refractivity contribution in [3.05, 3.63) is 53.0 Å². The van der Waals surface area contributed by atoms with Gasteiger partial charge in [-0.15, -0.1) is 0 Å². The fourth-order valence-electron chi connectivity index (χ4n) is 3.77. The second kappa shape index (κ2) is 5.31. The van der Waals surface area contributed by atoms with Gasteiger partial charge in [0.2, 0.25) is 5.91 Å². The lowest BCUT2D eigenvalue weighted by Gasteiger charge is -2.30. The minimum absolute atomic E-state index is 0.137. The summed E-state index contributed by atoms with van der Waals surface area (Å²) >= 11 is 0. The van der Waals surface area contributed by atoms with Gasteiger partial charge < -0.3 is 5.73 Å². The highest BCUT2D eigenvalue weighted by molar-refractivity contribution is 5.80. The van der Waals surface area contributed by atoms with Gasteiger partial charge in [-0.2, -0.15) is 10.2 Å².